The molecule has 5 nitrogen and oxygen atoms in total. The van der Waals surface area contributed by atoms with Crippen LogP contribution in [0.3, 0.4) is 0 Å². The zero-order chi connectivity index (χ0) is 18.4. The lowest BCUT2D eigenvalue weighted by molar-refractivity contribution is 0.263. The van der Waals surface area contributed by atoms with Crippen molar-refractivity contribution in [3.63, 3.8) is 0 Å². The summed E-state index contributed by atoms with van der Waals surface area (Å²) in [5, 5.41) is 0. The second kappa shape index (κ2) is 8.90. The van der Waals surface area contributed by atoms with Crippen molar-refractivity contribution in [2.45, 2.75) is 33.1 Å². The molecule has 1 aliphatic rings. The number of hydrogen-bond donors (Lipinski definition) is 0. The summed E-state index contributed by atoms with van der Waals surface area (Å²) in [5.41, 5.74) is 1.70. The molecule has 0 N–H and O–H groups in total. The Hall–Kier alpha value is -2.27. The Kier molecular flexibility index (Phi) is 6.34. The molecule has 1 aromatic heterocycles. The summed E-state index contributed by atoms with van der Waals surface area (Å²) >= 11 is 0. The average Bonchev–Trinajstić information content (AvgIpc) is 3.17. The van der Waals surface area contributed by atoms with Crippen LogP contribution in [0.15, 0.2) is 41.3 Å². The van der Waals surface area contributed by atoms with Gasteiger partial charge < -0.3 is 18.9 Å². The highest BCUT2D eigenvalue weighted by molar-refractivity contribution is 5.42. The van der Waals surface area contributed by atoms with Crippen molar-refractivity contribution in [2.24, 2.45) is 0 Å². The van der Waals surface area contributed by atoms with E-state index in [4.69, 9.17) is 9.47 Å². The molecule has 0 aliphatic carbocycles. The second-order valence-electron chi connectivity index (χ2n) is 6.64. The third-order valence-corrected chi connectivity index (χ3v) is 4.78. The fourth-order valence-corrected chi connectivity index (χ4v) is 3.40. The molecule has 0 unspecified atom stereocenters. The molecular weight excluding hydrogens is 328 g/mol. The molecule has 5 heteroatoms. The molecule has 140 valence electrons. The van der Waals surface area contributed by atoms with Gasteiger partial charge >= 0.3 is 0 Å². The molecule has 1 aliphatic heterocycles. The van der Waals surface area contributed by atoms with Crippen LogP contribution in [0.1, 0.15) is 31.9 Å². The van der Waals surface area contributed by atoms with E-state index in [1.54, 1.807) is 12.3 Å². The lowest BCUT2D eigenvalue weighted by Gasteiger charge is -2.16. The predicted octanol–water partition coefficient (Wildman–Crippen LogP) is 3.41. The van der Waals surface area contributed by atoms with Gasteiger partial charge in [0.2, 0.25) is 5.43 Å². The number of ether oxygens (including phenoxy) is 2. The van der Waals surface area contributed by atoms with Gasteiger partial charge in [-0.2, -0.15) is 0 Å². The van der Waals surface area contributed by atoms with Crippen LogP contribution in [-0.4, -0.2) is 42.3 Å². The standard InChI is InChI=1S/C21H28N2O3/c1-3-25-21-17(2)23(15-11-20(21)24)18-7-9-19(10-8-18)26-16-6-14-22-12-4-5-13-22/h7-11,15H,3-6,12-14,16H2,1-2H3. The van der Waals surface area contributed by atoms with Crippen LogP contribution in [0.4, 0.5) is 0 Å². The second-order valence-corrected chi connectivity index (χ2v) is 6.64. The molecule has 0 bridgehead atoms. The van der Waals surface area contributed by atoms with Crippen molar-refractivity contribution >= 4 is 0 Å². The molecular formula is C21H28N2O3. The molecule has 2 aromatic rings. The van der Waals surface area contributed by atoms with Gasteiger partial charge in [0.05, 0.1) is 18.9 Å². The van der Waals surface area contributed by atoms with E-state index in [2.05, 4.69) is 4.90 Å². The summed E-state index contributed by atoms with van der Waals surface area (Å²) in [5.74, 6) is 1.29. The van der Waals surface area contributed by atoms with Crippen LogP contribution in [0.5, 0.6) is 11.5 Å². The van der Waals surface area contributed by atoms with Crippen molar-refractivity contribution in [3.8, 4) is 17.2 Å². The molecule has 0 saturated carbocycles. The smallest absolute Gasteiger partial charge is 0.223 e. The molecule has 1 saturated heterocycles. The maximum Gasteiger partial charge on any atom is 0.223 e. The predicted molar refractivity (Wildman–Crippen MR) is 104 cm³/mol. The van der Waals surface area contributed by atoms with E-state index >= 15 is 0 Å². The zero-order valence-corrected chi connectivity index (χ0v) is 15.7. The van der Waals surface area contributed by atoms with Gasteiger partial charge in [0.15, 0.2) is 5.75 Å². The first kappa shape index (κ1) is 18.5. The summed E-state index contributed by atoms with van der Waals surface area (Å²) in [6.07, 6.45) is 5.50. The summed E-state index contributed by atoms with van der Waals surface area (Å²) in [6.45, 7) is 8.58. The van der Waals surface area contributed by atoms with E-state index < -0.39 is 0 Å². The number of aromatic nitrogens is 1. The lowest BCUT2D eigenvalue weighted by atomic mass is 10.2. The topological polar surface area (TPSA) is 43.7 Å². The van der Waals surface area contributed by atoms with Gasteiger partial charge in [0, 0.05) is 24.5 Å². The van der Waals surface area contributed by atoms with Gasteiger partial charge in [0.1, 0.15) is 5.75 Å². The Morgan fingerprint density at radius 3 is 2.46 bits per heavy atom. The van der Waals surface area contributed by atoms with Crippen molar-refractivity contribution < 1.29 is 9.47 Å². The highest BCUT2D eigenvalue weighted by Crippen LogP contribution is 2.20. The zero-order valence-electron chi connectivity index (χ0n) is 15.7. The monoisotopic (exact) mass is 356 g/mol. The van der Waals surface area contributed by atoms with Crippen LogP contribution < -0.4 is 14.9 Å². The van der Waals surface area contributed by atoms with Crippen LogP contribution in [0.25, 0.3) is 5.69 Å². The van der Waals surface area contributed by atoms with Crippen molar-refractivity contribution in [3.05, 3.63) is 52.4 Å². The Labute approximate surface area is 155 Å². The Morgan fingerprint density at radius 2 is 1.77 bits per heavy atom. The number of nitrogens with zero attached hydrogens (tertiary/aromatic N) is 2. The lowest BCUT2D eigenvalue weighted by Crippen LogP contribution is -2.21. The van der Waals surface area contributed by atoms with Crippen molar-refractivity contribution in [1.82, 2.24) is 9.47 Å². The van der Waals surface area contributed by atoms with Crippen LogP contribution >= 0.6 is 0 Å². The molecule has 1 aromatic carbocycles. The van der Waals surface area contributed by atoms with Crippen LogP contribution in [-0.2, 0) is 0 Å². The van der Waals surface area contributed by atoms with Crippen LogP contribution in [0, 0.1) is 6.92 Å². The maximum atomic E-state index is 11.9. The fraction of sp³-hybridized carbons (Fsp3) is 0.476. The Morgan fingerprint density at radius 1 is 1.04 bits per heavy atom. The molecule has 2 heterocycles. The van der Waals surface area contributed by atoms with E-state index in [-0.39, 0.29) is 5.43 Å². The number of hydrogen-bond acceptors (Lipinski definition) is 4. The normalized spacial score (nSPS) is 14.5. The molecule has 0 radical (unpaired) electrons. The minimum Gasteiger partial charge on any atom is -0.494 e. The average molecular weight is 356 g/mol. The molecule has 3 rings (SSSR count). The minimum atomic E-state index is -0.0847. The first-order valence-corrected chi connectivity index (χ1v) is 9.49. The number of rotatable bonds is 8. The van der Waals surface area contributed by atoms with Gasteiger partial charge in [0.25, 0.3) is 0 Å². The number of likely N-dealkylation sites (tertiary alicyclic amines) is 1. The van der Waals surface area contributed by atoms with Crippen molar-refractivity contribution in [1.29, 1.82) is 0 Å². The van der Waals surface area contributed by atoms with Crippen molar-refractivity contribution in [2.75, 3.05) is 32.8 Å². The van der Waals surface area contributed by atoms with Gasteiger partial charge in [-0.3, -0.25) is 4.79 Å². The maximum absolute atomic E-state index is 11.9. The quantitative estimate of drug-likeness (QED) is 0.680. The van der Waals surface area contributed by atoms with Gasteiger partial charge in [-0.15, -0.1) is 0 Å². The minimum absolute atomic E-state index is 0.0847. The van der Waals surface area contributed by atoms with Crippen LogP contribution in [0.2, 0.25) is 0 Å². The highest BCUT2D eigenvalue weighted by Gasteiger charge is 2.11. The molecule has 0 spiro atoms. The van der Waals surface area contributed by atoms with E-state index in [1.165, 1.54) is 25.9 Å². The van der Waals surface area contributed by atoms with E-state index in [0.29, 0.717) is 12.4 Å². The molecule has 0 amide bonds. The van der Waals surface area contributed by atoms with E-state index in [0.717, 1.165) is 36.7 Å². The number of benzene rings is 1. The van der Waals surface area contributed by atoms with E-state index in [9.17, 15) is 4.79 Å². The molecule has 0 atom stereocenters. The summed E-state index contributed by atoms with van der Waals surface area (Å²) < 4.78 is 13.3. The summed E-state index contributed by atoms with van der Waals surface area (Å²) in [4.78, 5) is 14.4. The SMILES string of the molecule is CCOc1c(C)n(-c2ccc(OCCCN3CCCC3)cc2)ccc1=O. The van der Waals surface area contributed by atoms with Gasteiger partial charge in [-0.05, 0) is 70.5 Å². The molecule has 1 fully saturated rings. The number of pyridine rings is 1. The Bertz CT molecular complexity index is 762. The third-order valence-electron chi connectivity index (χ3n) is 4.78. The van der Waals surface area contributed by atoms with E-state index in [1.807, 2.05) is 42.7 Å². The highest BCUT2D eigenvalue weighted by atomic mass is 16.5. The first-order chi connectivity index (χ1) is 12.7. The third kappa shape index (κ3) is 4.47. The van der Waals surface area contributed by atoms with Gasteiger partial charge in [-0.1, -0.05) is 0 Å². The largest absolute Gasteiger partial charge is 0.494 e. The summed E-state index contributed by atoms with van der Waals surface area (Å²) in [6, 6.07) is 9.50. The first-order valence-electron chi connectivity index (χ1n) is 9.49. The summed E-state index contributed by atoms with van der Waals surface area (Å²) in [7, 11) is 0. The Balaban J connectivity index is 1.60. The molecule has 26 heavy (non-hydrogen) atoms. The van der Waals surface area contributed by atoms with Gasteiger partial charge in [-0.25, -0.2) is 0 Å². The fourth-order valence-electron chi connectivity index (χ4n) is 3.40.